The first-order valence-corrected chi connectivity index (χ1v) is 9.07. The van der Waals surface area contributed by atoms with Gasteiger partial charge >= 0.3 is 0 Å². The molecular weight excluding hydrogens is 332 g/mol. The van der Waals surface area contributed by atoms with E-state index >= 15 is 0 Å². The Bertz CT molecular complexity index is 760. The minimum Gasteiger partial charge on any atom is -0.351 e. The number of carbonyl (C=O) groups excluding carboxylic acids is 1. The second kappa shape index (κ2) is 7.52. The Morgan fingerprint density at radius 2 is 1.70 bits per heavy atom. The van der Waals surface area contributed by atoms with Crippen LogP contribution in [0.25, 0.3) is 0 Å². The molecule has 1 amide bonds. The van der Waals surface area contributed by atoms with Gasteiger partial charge in [-0.05, 0) is 36.4 Å². The van der Waals surface area contributed by atoms with Gasteiger partial charge in [0, 0.05) is 24.9 Å². The van der Waals surface area contributed by atoms with Crippen molar-refractivity contribution in [1.82, 2.24) is 5.32 Å². The summed E-state index contributed by atoms with van der Waals surface area (Å²) in [5, 5.41) is 2.71. The molecule has 0 heterocycles. The molecule has 1 N–H and O–H groups in total. The van der Waals surface area contributed by atoms with Crippen LogP contribution in [0.3, 0.4) is 0 Å². The maximum absolute atomic E-state index is 12.5. The molecule has 2 aromatic carbocycles. The van der Waals surface area contributed by atoms with Crippen LogP contribution in [0.15, 0.2) is 59.5 Å². The highest BCUT2D eigenvalue weighted by molar-refractivity contribution is 7.92. The van der Waals surface area contributed by atoms with Gasteiger partial charge in [0.15, 0.2) is 0 Å². The first-order valence-electron chi connectivity index (χ1n) is 7.00. The van der Waals surface area contributed by atoms with Crippen molar-refractivity contribution in [2.75, 3.05) is 23.7 Å². The molecule has 0 bridgehead atoms. The van der Waals surface area contributed by atoms with E-state index in [-0.39, 0.29) is 10.8 Å². The van der Waals surface area contributed by atoms with Gasteiger partial charge in [0.1, 0.15) is 0 Å². The molecule has 122 valence electrons. The van der Waals surface area contributed by atoms with E-state index in [9.17, 15) is 13.2 Å². The van der Waals surface area contributed by atoms with Crippen molar-refractivity contribution < 1.29 is 13.2 Å². The zero-order chi connectivity index (χ0) is 16.9. The third-order valence-corrected chi connectivity index (χ3v) is 5.32. The lowest BCUT2D eigenvalue weighted by molar-refractivity contribution is 0.0956. The van der Waals surface area contributed by atoms with Crippen molar-refractivity contribution in [2.24, 2.45) is 0 Å². The average Bonchev–Trinajstić information content (AvgIpc) is 2.59. The topological polar surface area (TPSA) is 66.5 Å². The summed E-state index contributed by atoms with van der Waals surface area (Å²) in [6.07, 6.45) is 0. The molecule has 23 heavy (non-hydrogen) atoms. The van der Waals surface area contributed by atoms with Gasteiger partial charge in [-0.1, -0.05) is 18.2 Å². The summed E-state index contributed by atoms with van der Waals surface area (Å²) in [7, 11) is -2.13. The molecule has 7 heteroatoms. The van der Waals surface area contributed by atoms with Crippen molar-refractivity contribution >= 4 is 34.2 Å². The first kappa shape index (κ1) is 17.4. The normalized spacial score (nSPS) is 11.0. The number of thiol groups is 1. The summed E-state index contributed by atoms with van der Waals surface area (Å²) in [6.45, 7) is 0.478. The molecule has 2 aromatic rings. The Hall–Kier alpha value is -1.99. The van der Waals surface area contributed by atoms with Gasteiger partial charge in [-0.25, -0.2) is 8.42 Å². The molecule has 0 atom stereocenters. The smallest absolute Gasteiger partial charge is 0.264 e. The highest BCUT2D eigenvalue weighted by atomic mass is 32.2. The maximum atomic E-state index is 12.5. The summed E-state index contributed by atoms with van der Waals surface area (Å²) >= 11 is 4.03. The van der Waals surface area contributed by atoms with E-state index in [1.54, 1.807) is 54.6 Å². The van der Waals surface area contributed by atoms with Crippen LogP contribution >= 0.6 is 12.6 Å². The third-order valence-electron chi connectivity index (χ3n) is 3.29. The van der Waals surface area contributed by atoms with E-state index in [1.807, 2.05) is 0 Å². The van der Waals surface area contributed by atoms with Crippen LogP contribution in [0.2, 0.25) is 0 Å². The summed E-state index contributed by atoms with van der Waals surface area (Å²) < 4.78 is 26.3. The summed E-state index contributed by atoms with van der Waals surface area (Å²) in [5.41, 5.74) is 0.959. The van der Waals surface area contributed by atoms with Crippen molar-refractivity contribution in [1.29, 1.82) is 0 Å². The Balaban J connectivity index is 2.20. The molecule has 0 saturated heterocycles. The van der Waals surface area contributed by atoms with Crippen LogP contribution in [-0.4, -0.2) is 33.7 Å². The second-order valence-electron chi connectivity index (χ2n) is 4.81. The Kier molecular flexibility index (Phi) is 5.68. The molecule has 0 aromatic heterocycles. The predicted octanol–water partition coefficient (Wildman–Crippen LogP) is 2.17. The number of hydrogen-bond donors (Lipinski definition) is 2. The SMILES string of the molecule is CN(c1ccc(C(=O)NCCS)cc1)S(=O)(=O)c1ccccc1. The molecular formula is C16H18N2O3S2. The van der Waals surface area contributed by atoms with E-state index < -0.39 is 10.0 Å². The van der Waals surface area contributed by atoms with E-state index in [0.717, 1.165) is 0 Å². The molecule has 0 radical (unpaired) electrons. The van der Waals surface area contributed by atoms with Crippen molar-refractivity contribution in [3.05, 3.63) is 60.2 Å². The van der Waals surface area contributed by atoms with Crippen LogP contribution < -0.4 is 9.62 Å². The van der Waals surface area contributed by atoms with Gasteiger partial charge in [0.25, 0.3) is 15.9 Å². The van der Waals surface area contributed by atoms with Gasteiger partial charge in [-0.2, -0.15) is 12.6 Å². The van der Waals surface area contributed by atoms with E-state index in [2.05, 4.69) is 17.9 Å². The van der Waals surface area contributed by atoms with Gasteiger partial charge in [-0.15, -0.1) is 0 Å². The van der Waals surface area contributed by atoms with Gasteiger partial charge in [0.2, 0.25) is 0 Å². The molecule has 5 nitrogen and oxygen atoms in total. The van der Waals surface area contributed by atoms with Gasteiger partial charge in [-0.3, -0.25) is 9.10 Å². The van der Waals surface area contributed by atoms with Crippen LogP contribution in [0.5, 0.6) is 0 Å². The predicted molar refractivity (Wildman–Crippen MR) is 94.7 cm³/mol. The van der Waals surface area contributed by atoms with Crippen LogP contribution in [0.1, 0.15) is 10.4 Å². The van der Waals surface area contributed by atoms with Gasteiger partial charge < -0.3 is 5.32 Å². The quantitative estimate of drug-likeness (QED) is 0.785. The lowest BCUT2D eigenvalue weighted by atomic mass is 10.2. The maximum Gasteiger partial charge on any atom is 0.264 e. The Morgan fingerprint density at radius 3 is 2.26 bits per heavy atom. The summed E-state index contributed by atoms with van der Waals surface area (Å²) in [4.78, 5) is 12.0. The summed E-state index contributed by atoms with van der Waals surface area (Å²) in [6, 6.07) is 14.6. The molecule has 0 aliphatic heterocycles. The second-order valence-corrected chi connectivity index (χ2v) is 7.23. The molecule has 2 rings (SSSR count). The number of nitrogens with one attached hydrogen (secondary N) is 1. The average molecular weight is 350 g/mol. The van der Waals surface area contributed by atoms with Crippen molar-refractivity contribution in [3.63, 3.8) is 0 Å². The Labute approximate surface area is 141 Å². The van der Waals surface area contributed by atoms with Gasteiger partial charge in [0.05, 0.1) is 10.6 Å². The van der Waals surface area contributed by atoms with E-state index in [4.69, 9.17) is 0 Å². The van der Waals surface area contributed by atoms with Crippen molar-refractivity contribution in [3.8, 4) is 0 Å². The number of sulfonamides is 1. The number of amides is 1. The lowest BCUT2D eigenvalue weighted by Gasteiger charge is -2.19. The first-order chi connectivity index (χ1) is 11.0. The highest BCUT2D eigenvalue weighted by Crippen LogP contribution is 2.22. The largest absolute Gasteiger partial charge is 0.351 e. The van der Waals surface area contributed by atoms with Crippen LogP contribution in [-0.2, 0) is 10.0 Å². The molecule has 0 fully saturated rings. The fourth-order valence-electron chi connectivity index (χ4n) is 1.98. The van der Waals surface area contributed by atoms with Crippen LogP contribution in [0, 0.1) is 0 Å². The molecule has 0 aliphatic carbocycles. The van der Waals surface area contributed by atoms with Crippen LogP contribution in [0.4, 0.5) is 5.69 Å². The van der Waals surface area contributed by atoms with E-state index in [0.29, 0.717) is 23.5 Å². The third kappa shape index (κ3) is 4.05. The monoisotopic (exact) mass is 350 g/mol. The summed E-state index contributed by atoms with van der Waals surface area (Å²) in [5.74, 6) is 0.348. The molecule has 0 unspecified atom stereocenters. The molecule has 0 spiro atoms. The number of nitrogens with zero attached hydrogens (tertiary/aromatic N) is 1. The Morgan fingerprint density at radius 1 is 1.09 bits per heavy atom. The number of benzene rings is 2. The fraction of sp³-hybridized carbons (Fsp3) is 0.188. The molecule has 0 aliphatic rings. The van der Waals surface area contributed by atoms with Crippen molar-refractivity contribution in [2.45, 2.75) is 4.90 Å². The van der Waals surface area contributed by atoms with E-state index in [1.165, 1.54) is 11.4 Å². The standard InChI is InChI=1S/C16H18N2O3S2/c1-18(23(20,21)15-5-3-2-4-6-15)14-9-7-13(8-10-14)16(19)17-11-12-22/h2-10,22H,11-12H2,1H3,(H,17,19). The fourth-order valence-corrected chi connectivity index (χ4v) is 3.31. The highest BCUT2D eigenvalue weighted by Gasteiger charge is 2.20. The minimum atomic E-state index is -3.62. The zero-order valence-corrected chi connectivity index (χ0v) is 14.3. The number of rotatable bonds is 6. The number of anilines is 1. The number of hydrogen-bond acceptors (Lipinski definition) is 4. The zero-order valence-electron chi connectivity index (χ0n) is 12.6. The minimum absolute atomic E-state index is 0.209. The molecule has 0 saturated carbocycles. The number of carbonyl (C=O) groups is 1. The lowest BCUT2D eigenvalue weighted by Crippen LogP contribution is -2.27.